The van der Waals surface area contributed by atoms with E-state index in [0.717, 1.165) is 11.3 Å². The van der Waals surface area contributed by atoms with Gasteiger partial charge >= 0.3 is 5.97 Å². The fraction of sp³-hybridized carbons (Fsp3) is 0.217. The van der Waals surface area contributed by atoms with Gasteiger partial charge in [0.05, 0.1) is 20.3 Å². The Labute approximate surface area is 179 Å². The molecule has 1 heterocycles. The Morgan fingerprint density at radius 3 is 2.43 bits per heavy atom. The Bertz CT molecular complexity index is 1030. The molecule has 1 amide bonds. The van der Waals surface area contributed by atoms with Gasteiger partial charge in [0.2, 0.25) is 0 Å². The van der Waals surface area contributed by atoms with E-state index in [1.807, 2.05) is 36.6 Å². The lowest BCUT2D eigenvalue weighted by Gasteiger charge is -2.10. The molecule has 0 aliphatic carbocycles. The maximum absolute atomic E-state index is 12.8. The van der Waals surface area contributed by atoms with E-state index in [-0.39, 0.29) is 12.5 Å². The normalized spacial score (nSPS) is 10.4. The number of esters is 1. The molecule has 1 aromatic heterocycles. The maximum atomic E-state index is 12.8. The number of hydrogen-bond donors (Lipinski definition) is 1. The molecule has 0 bridgehead atoms. The van der Waals surface area contributed by atoms with E-state index in [9.17, 15) is 9.59 Å². The van der Waals surface area contributed by atoms with E-state index in [2.05, 4.69) is 5.32 Å². The molecule has 0 spiro atoms. The smallest absolute Gasteiger partial charge is 0.341 e. The zero-order chi connectivity index (χ0) is 21.5. The predicted octanol–water partition coefficient (Wildman–Crippen LogP) is 5.25. The zero-order valence-electron chi connectivity index (χ0n) is 17.1. The predicted molar refractivity (Wildman–Crippen MR) is 118 cm³/mol. The Morgan fingerprint density at radius 2 is 1.77 bits per heavy atom. The van der Waals surface area contributed by atoms with E-state index >= 15 is 0 Å². The van der Waals surface area contributed by atoms with E-state index in [0.29, 0.717) is 34.0 Å². The van der Waals surface area contributed by atoms with Gasteiger partial charge in [-0.1, -0.05) is 18.2 Å². The van der Waals surface area contributed by atoms with Crippen LogP contribution in [0.15, 0.2) is 53.9 Å². The molecule has 3 rings (SSSR count). The maximum Gasteiger partial charge on any atom is 0.341 e. The van der Waals surface area contributed by atoms with Crippen LogP contribution in [0.3, 0.4) is 0 Å². The van der Waals surface area contributed by atoms with Crippen LogP contribution >= 0.6 is 11.3 Å². The van der Waals surface area contributed by atoms with Crippen LogP contribution < -0.4 is 14.8 Å². The third kappa shape index (κ3) is 4.80. The Kier molecular flexibility index (Phi) is 7.08. The van der Waals surface area contributed by atoms with Gasteiger partial charge < -0.3 is 19.5 Å². The van der Waals surface area contributed by atoms with Gasteiger partial charge in [0.25, 0.3) is 5.91 Å². The number of amides is 1. The van der Waals surface area contributed by atoms with Gasteiger partial charge in [0, 0.05) is 16.5 Å². The monoisotopic (exact) mass is 425 g/mol. The van der Waals surface area contributed by atoms with Gasteiger partial charge in [0.1, 0.15) is 22.1 Å². The second kappa shape index (κ2) is 9.93. The molecule has 3 aromatic rings. The Morgan fingerprint density at radius 1 is 1.00 bits per heavy atom. The van der Waals surface area contributed by atoms with E-state index in [4.69, 9.17) is 14.2 Å². The highest BCUT2D eigenvalue weighted by Gasteiger charge is 2.23. The standard InChI is InChI=1S/C23H23NO5S/c1-4-28-18-8-6-7-16(13-18)21(25)24-22-20(23(26)29-5-2)19(14-30-22)15-9-11-17(27-3)12-10-15/h6-14H,4-5H2,1-3H3,(H,24,25). The van der Waals surface area contributed by atoms with Gasteiger partial charge in [-0.2, -0.15) is 0 Å². The van der Waals surface area contributed by atoms with Crippen LogP contribution in [-0.2, 0) is 4.74 Å². The summed E-state index contributed by atoms with van der Waals surface area (Å²) < 4.78 is 15.9. The van der Waals surface area contributed by atoms with Gasteiger partial charge in [-0.05, 0) is 49.7 Å². The Balaban J connectivity index is 1.94. The van der Waals surface area contributed by atoms with Crippen LogP contribution in [0.2, 0.25) is 0 Å². The molecule has 0 unspecified atom stereocenters. The minimum Gasteiger partial charge on any atom is -0.497 e. The molecule has 0 atom stereocenters. The van der Waals surface area contributed by atoms with Crippen LogP contribution in [-0.4, -0.2) is 32.2 Å². The van der Waals surface area contributed by atoms with Gasteiger partial charge in [0.15, 0.2) is 0 Å². The first-order valence-corrected chi connectivity index (χ1v) is 10.4. The van der Waals surface area contributed by atoms with Crippen molar-refractivity contribution in [1.82, 2.24) is 0 Å². The average molecular weight is 426 g/mol. The van der Waals surface area contributed by atoms with Crippen LogP contribution in [0.25, 0.3) is 11.1 Å². The van der Waals surface area contributed by atoms with Crippen LogP contribution in [0, 0.1) is 0 Å². The summed E-state index contributed by atoms with van der Waals surface area (Å²) in [6, 6.07) is 14.3. The second-order valence-corrected chi connectivity index (χ2v) is 7.10. The van der Waals surface area contributed by atoms with Crippen LogP contribution in [0.4, 0.5) is 5.00 Å². The number of anilines is 1. The molecule has 0 saturated carbocycles. The number of rotatable bonds is 8. The molecule has 30 heavy (non-hydrogen) atoms. The van der Waals surface area contributed by atoms with Gasteiger partial charge in [-0.3, -0.25) is 4.79 Å². The third-order valence-electron chi connectivity index (χ3n) is 4.31. The average Bonchev–Trinajstić information content (AvgIpc) is 3.18. The zero-order valence-corrected chi connectivity index (χ0v) is 17.9. The molecule has 0 fully saturated rings. The molecule has 0 radical (unpaired) electrons. The van der Waals surface area contributed by atoms with Crippen molar-refractivity contribution < 1.29 is 23.8 Å². The molecule has 0 saturated heterocycles. The molecule has 2 aromatic carbocycles. The first-order chi connectivity index (χ1) is 14.6. The lowest BCUT2D eigenvalue weighted by Crippen LogP contribution is -2.15. The highest BCUT2D eigenvalue weighted by atomic mass is 32.1. The molecule has 156 valence electrons. The largest absolute Gasteiger partial charge is 0.497 e. The number of benzene rings is 2. The van der Waals surface area contributed by atoms with Crippen molar-refractivity contribution in [3.63, 3.8) is 0 Å². The van der Waals surface area contributed by atoms with Crippen molar-refractivity contribution in [3.8, 4) is 22.6 Å². The lowest BCUT2D eigenvalue weighted by atomic mass is 10.0. The van der Waals surface area contributed by atoms with Crippen molar-refractivity contribution in [2.45, 2.75) is 13.8 Å². The Hall–Kier alpha value is -3.32. The van der Waals surface area contributed by atoms with Crippen molar-refractivity contribution >= 4 is 28.2 Å². The molecule has 0 aliphatic rings. The van der Waals surface area contributed by atoms with Crippen molar-refractivity contribution in [1.29, 1.82) is 0 Å². The number of thiophene rings is 1. The first-order valence-electron chi connectivity index (χ1n) is 9.54. The van der Waals surface area contributed by atoms with Crippen molar-refractivity contribution in [3.05, 3.63) is 65.0 Å². The quantitative estimate of drug-likeness (QED) is 0.499. The fourth-order valence-electron chi connectivity index (χ4n) is 2.91. The highest BCUT2D eigenvalue weighted by molar-refractivity contribution is 7.15. The highest BCUT2D eigenvalue weighted by Crippen LogP contribution is 2.37. The van der Waals surface area contributed by atoms with E-state index in [1.165, 1.54) is 11.3 Å². The van der Waals surface area contributed by atoms with Crippen molar-refractivity contribution in [2.24, 2.45) is 0 Å². The molecule has 7 heteroatoms. The summed E-state index contributed by atoms with van der Waals surface area (Å²) in [7, 11) is 1.60. The molecular weight excluding hydrogens is 402 g/mol. The first kappa shape index (κ1) is 21.4. The van der Waals surface area contributed by atoms with Crippen molar-refractivity contribution in [2.75, 3.05) is 25.6 Å². The summed E-state index contributed by atoms with van der Waals surface area (Å²) in [5, 5.41) is 5.12. The van der Waals surface area contributed by atoms with Crippen LogP contribution in [0.5, 0.6) is 11.5 Å². The number of hydrogen-bond acceptors (Lipinski definition) is 6. The number of carbonyl (C=O) groups is 2. The lowest BCUT2D eigenvalue weighted by molar-refractivity contribution is 0.0529. The summed E-state index contributed by atoms with van der Waals surface area (Å²) in [4.78, 5) is 25.5. The molecule has 0 aliphatic heterocycles. The van der Waals surface area contributed by atoms with Crippen LogP contribution in [0.1, 0.15) is 34.6 Å². The number of ether oxygens (including phenoxy) is 3. The second-order valence-electron chi connectivity index (χ2n) is 6.22. The third-order valence-corrected chi connectivity index (χ3v) is 5.20. The topological polar surface area (TPSA) is 73.9 Å². The molecule has 6 nitrogen and oxygen atoms in total. The summed E-state index contributed by atoms with van der Waals surface area (Å²) in [5.41, 5.74) is 2.30. The number of nitrogens with one attached hydrogen (secondary N) is 1. The summed E-state index contributed by atoms with van der Waals surface area (Å²) in [6.45, 7) is 4.37. The summed E-state index contributed by atoms with van der Waals surface area (Å²) in [5.74, 6) is 0.517. The molecular formula is C23H23NO5S. The minimum atomic E-state index is -0.483. The minimum absolute atomic E-state index is 0.237. The summed E-state index contributed by atoms with van der Waals surface area (Å²) in [6.07, 6.45) is 0. The van der Waals surface area contributed by atoms with E-state index < -0.39 is 5.97 Å². The van der Waals surface area contributed by atoms with Gasteiger partial charge in [-0.15, -0.1) is 11.3 Å². The van der Waals surface area contributed by atoms with Gasteiger partial charge in [-0.25, -0.2) is 4.79 Å². The SMILES string of the molecule is CCOC(=O)c1c(-c2ccc(OC)cc2)csc1NC(=O)c1cccc(OCC)c1. The molecule has 1 N–H and O–H groups in total. The van der Waals surface area contributed by atoms with E-state index in [1.54, 1.807) is 38.3 Å². The number of methoxy groups -OCH3 is 1. The summed E-state index contributed by atoms with van der Waals surface area (Å²) >= 11 is 1.28. The fourth-order valence-corrected chi connectivity index (χ4v) is 3.86. The number of carbonyl (C=O) groups excluding carboxylic acids is 2.